The molecule has 0 saturated carbocycles. The van der Waals surface area contributed by atoms with E-state index in [1.54, 1.807) is 0 Å². The van der Waals surface area contributed by atoms with Crippen LogP contribution in [0, 0.1) is 6.92 Å². The first-order valence-corrected chi connectivity index (χ1v) is 7.14. The van der Waals surface area contributed by atoms with Crippen LogP contribution in [-0.4, -0.2) is 30.7 Å². The van der Waals surface area contributed by atoms with Crippen LogP contribution in [0.15, 0.2) is 36.4 Å². The second kappa shape index (κ2) is 5.93. The lowest BCUT2D eigenvalue weighted by molar-refractivity contribution is -0.137. The number of carbonyl (C=O) groups is 1. The Morgan fingerprint density at radius 2 is 2.00 bits per heavy atom. The van der Waals surface area contributed by atoms with Gasteiger partial charge in [0.25, 0.3) is 0 Å². The van der Waals surface area contributed by atoms with E-state index in [0.29, 0.717) is 12.8 Å². The molecule has 0 atom stereocenters. The molecule has 0 radical (unpaired) electrons. The van der Waals surface area contributed by atoms with Crippen molar-refractivity contribution >= 4 is 11.6 Å². The van der Waals surface area contributed by atoms with E-state index in [1.807, 2.05) is 47.7 Å². The summed E-state index contributed by atoms with van der Waals surface area (Å²) >= 11 is 0. The van der Waals surface area contributed by atoms with Crippen molar-refractivity contribution < 1.29 is 9.90 Å². The van der Waals surface area contributed by atoms with Gasteiger partial charge in [0, 0.05) is 24.5 Å². The zero-order chi connectivity index (χ0) is 15.5. The molecule has 22 heavy (non-hydrogen) atoms. The van der Waals surface area contributed by atoms with Crippen LogP contribution in [0.4, 0.5) is 0 Å². The van der Waals surface area contributed by atoms with E-state index in [-0.39, 0.29) is 6.42 Å². The lowest BCUT2D eigenvalue weighted by Crippen LogP contribution is -2.03. The third kappa shape index (κ3) is 2.81. The van der Waals surface area contributed by atoms with E-state index in [2.05, 4.69) is 15.2 Å². The number of aliphatic carboxylic acids is 1. The van der Waals surface area contributed by atoms with Crippen molar-refractivity contribution in [2.45, 2.75) is 26.2 Å². The smallest absolute Gasteiger partial charge is 0.303 e. The summed E-state index contributed by atoms with van der Waals surface area (Å²) in [6.45, 7) is 1.91. The molecule has 2 aromatic heterocycles. The Balaban J connectivity index is 1.94. The first kappa shape index (κ1) is 14.2. The van der Waals surface area contributed by atoms with E-state index in [1.165, 1.54) is 0 Å². The van der Waals surface area contributed by atoms with Gasteiger partial charge in [0.05, 0.1) is 5.69 Å². The van der Waals surface area contributed by atoms with Gasteiger partial charge >= 0.3 is 5.97 Å². The highest BCUT2D eigenvalue weighted by molar-refractivity contribution is 5.66. The highest BCUT2D eigenvalue weighted by Crippen LogP contribution is 2.19. The second-order valence-corrected chi connectivity index (χ2v) is 5.11. The van der Waals surface area contributed by atoms with Crippen LogP contribution in [0.25, 0.3) is 16.9 Å². The van der Waals surface area contributed by atoms with Crippen LogP contribution < -0.4 is 0 Å². The van der Waals surface area contributed by atoms with Crippen LogP contribution in [0.1, 0.15) is 24.5 Å². The molecule has 6 nitrogen and oxygen atoms in total. The highest BCUT2D eigenvalue weighted by atomic mass is 16.4. The standard InChI is InChI=1S/C16H16N4O2/c1-11-17-13(12-6-3-2-4-7-12)10-15-19-18-14(20(11)15)8-5-9-16(21)22/h2-4,6-7,10H,5,8-9H2,1H3,(H,21,22). The van der Waals surface area contributed by atoms with Crippen LogP contribution in [0.2, 0.25) is 0 Å². The second-order valence-electron chi connectivity index (χ2n) is 5.11. The van der Waals surface area contributed by atoms with E-state index in [0.717, 1.165) is 28.6 Å². The molecule has 0 spiro atoms. The fourth-order valence-electron chi connectivity index (χ4n) is 2.47. The lowest BCUT2D eigenvalue weighted by Gasteiger charge is -2.06. The Morgan fingerprint density at radius 3 is 2.73 bits per heavy atom. The molecule has 0 aliphatic carbocycles. The van der Waals surface area contributed by atoms with Crippen molar-refractivity contribution in [1.29, 1.82) is 0 Å². The summed E-state index contributed by atoms with van der Waals surface area (Å²) in [6, 6.07) is 11.8. The number of aromatic nitrogens is 4. The third-order valence-corrected chi connectivity index (χ3v) is 3.49. The summed E-state index contributed by atoms with van der Waals surface area (Å²) < 4.78 is 1.88. The molecule has 6 heteroatoms. The number of aryl methyl sites for hydroxylation is 2. The van der Waals surface area contributed by atoms with Gasteiger partial charge in [-0.25, -0.2) is 4.98 Å². The summed E-state index contributed by atoms with van der Waals surface area (Å²) in [5.41, 5.74) is 2.62. The normalized spacial score (nSPS) is 11.0. The minimum atomic E-state index is -0.796. The number of carboxylic acid groups (broad SMARTS) is 1. The zero-order valence-corrected chi connectivity index (χ0v) is 12.2. The Labute approximate surface area is 127 Å². The van der Waals surface area contributed by atoms with Crippen molar-refractivity contribution in [3.8, 4) is 11.3 Å². The summed E-state index contributed by atoms with van der Waals surface area (Å²) in [4.78, 5) is 15.2. The molecular weight excluding hydrogens is 280 g/mol. The Kier molecular flexibility index (Phi) is 3.82. The van der Waals surface area contributed by atoms with Gasteiger partial charge in [-0.1, -0.05) is 30.3 Å². The number of nitrogens with zero attached hydrogens (tertiary/aromatic N) is 4. The molecular formula is C16H16N4O2. The maximum absolute atomic E-state index is 10.6. The molecule has 0 amide bonds. The molecule has 3 aromatic rings. The first-order valence-electron chi connectivity index (χ1n) is 7.14. The monoisotopic (exact) mass is 296 g/mol. The summed E-state index contributed by atoms with van der Waals surface area (Å²) in [5, 5.41) is 17.1. The van der Waals surface area contributed by atoms with Crippen molar-refractivity contribution in [3.05, 3.63) is 48.0 Å². The molecule has 0 aliphatic heterocycles. The first-order chi connectivity index (χ1) is 10.6. The molecule has 1 N–H and O–H groups in total. The van der Waals surface area contributed by atoms with Crippen LogP contribution in [-0.2, 0) is 11.2 Å². The van der Waals surface area contributed by atoms with Gasteiger partial charge in [0.1, 0.15) is 11.6 Å². The Hall–Kier alpha value is -2.76. The SMILES string of the molecule is Cc1nc(-c2ccccc2)cc2nnc(CCCC(=O)O)n12. The van der Waals surface area contributed by atoms with E-state index < -0.39 is 5.97 Å². The van der Waals surface area contributed by atoms with Gasteiger partial charge < -0.3 is 5.11 Å². The topological polar surface area (TPSA) is 80.4 Å². The molecule has 0 fully saturated rings. The summed E-state index contributed by atoms with van der Waals surface area (Å²) in [6.07, 6.45) is 1.24. The third-order valence-electron chi connectivity index (χ3n) is 3.49. The van der Waals surface area contributed by atoms with Gasteiger partial charge in [-0.05, 0) is 13.3 Å². The average molecular weight is 296 g/mol. The number of hydrogen-bond acceptors (Lipinski definition) is 4. The fraction of sp³-hybridized carbons (Fsp3) is 0.250. The predicted octanol–water partition coefficient (Wildman–Crippen LogP) is 2.51. The van der Waals surface area contributed by atoms with Crippen LogP contribution in [0.3, 0.4) is 0 Å². The largest absolute Gasteiger partial charge is 0.481 e. The lowest BCUT2D eigenvalue weighted by atomic mass is 10.1. The zero-order valence-electron chi connectivity index (χ0n) is 12.2. The van der Waals surface area contributed by atoms with Crippen LogP contribution >= 0.6 is 0 Å². The number of benzene rings is 1. The molecule has 0 saturated heterocycles. The molecule has 1 aromatic carbocycles. The number of carboxylic acids is 1. The molecule has 0 bridgehead atoms. The quantitative estimate of drug-likeness (QED) is 0.782. The molecule has 3 rings (SSSR count). The maximum Gasteiger partial charge on any atom is 0.303 e. The minimum Gasteiger partial charge on any atom is -0.481 e. The predicted molar refractivity (Wildman–Crippen MR) is 81.5 cm³/mol. The summed E-state index contributed by atoms with van der Waals surface area (Å²) in [5.74, 6) is 0.752. The Morgan fingerprint density at radius 1 is 1.23 bits per heavy atom. The summed E-state index contributed by atoms with van der Waals surface area (Å²) in [7, 11) is 0. The molecule has 0 aliphatic rings. The molecule has 2 heterocycles. The Bertz CT molecular complexity index is 812. The highest BCUT2D eigenvalue weighted by Gasteiger charge is 2.11. The van der Waals surface area contributed by atoms with Crippen molar-refractivity contribution in [1.82, 2.24) is 19.6 Å². The van der Waals surface area contributed by atoms with Gasteiger partial charge in [0.15, 0.2) is 5.65 Å². The van der Waals surface area contributed by atoms with Crippen LogP contribution in [0.5, 0.6) is 0 Å². The number of rotatable bonds is 5. The van der Waals surface area contributed by atoms with E-state index >= 15 is 0 Å². The van der Waals surface area contributed by atoms with Crippen molar-refractivity contribution in [2.24, 2.45) is 0 Å². The average Bonchev–Trinajstić information content (AvgIpc) is 2.91. The van der Waals surface area contributed by atoms with E-state index in [4.69, 9.17) is 5.11 Å². The fourth-order valence-corrected chi connectivity index (χ4v) is 2.47. The van der Waals surface area contributed by atoms with Gasteiger partial charge in [-0.3, -0.25) is 9.20 Å². The maximum atomic E-state index is 10.6. The van der Waals surface area contributed by atoms with Gasteiger partial charge in [-0.15, -0.1) is 10.2 Å². The van der Waals surface area contributed by atoms with Crippen molar-refractivity contribution in [2.75, 3.05) is 0 Å². The molecule has 0 unspecified atom stereocenters. The molecule has 112 valence electrons. The number of hydrogen-bond donors (Lipinski definition) is 1. The van der Waals surface area contributed by atoms with E-state index in [9.17, 15) is 4.79 Å². The number of fused-ring (bicyclic) bond motifs is 1. The van der Waals surface area contributed by atoms with Gasteiger partial charge in [-0.2, -0.15) is 0 Å². The van der Waals surface area contributed by atoms with Gasteiger partial charge in [0.2, 0.25) is 0 Å². The van der Waals surface area contributed by atoms with Crippen molar-refractivity contribution in [3.63, 3.8) is 0 Å². The minimum absolute atomic E-state index is 0.128.